The van der Waals surface area contributed by atoms with Gasteiger partial charge in [0.05, 0.1) is 23.3 Å². The highest BCUT2D eigenvalue weighted by Gasteiger charge is 2.16. The third kappa shape index (κ3) is 3.34. The Morgan fingerprint density at radius 3 is 2.67 bits per heavy atom. The lowest BCUT2D eigenvalue weighted by Crippen LogP contribution is -1.95. The smallest absolute Gasteiger partial charge is 0.231 e. The van der Waals surface area contributed by atoms with Crippen LogP contribution >= 0.6 is 11.6 Å². The molecule has 5 aromatic rings. The summed E-state index contributed by atoms with van der Waals surface area (Å²) in [5, 5.41) is 10.5. The van der Waals surface area contributed by atoms with E-state index in [9.17, 15) is 0 Å². The molecule has 3 heterocycles. The fourth-order valence-corrected chi connectivity index (χ4v) is 4.49. The molecule has 0 aliphatic carbocycles. The molecule has 0 saturated heterocycles. The number of pyridine rings is 1. The van der Waals surface area contributed by atoms with Gasteiger partial charge in [0.15, 0.2) is 11.5 Å². The zero-order valence-corrected chi connectivity index (χ0v) is 18.2. The van der Waals surface area contributed by atoms with Crippen molar-refractivity contribution in [2.45, 2.75) is 12.8 Å². The summed E-state index contributed by atoms with van der Waals surface area (Å²) < 4.78 is 13.0. The molecule has 0 unspecified atom stereocenters. The molecule has 0 atom stereocenters. The van der Waals surface area contributed by atoms with Crippen LogP contribution in [0.2, 0.25) is 5.02 Å². The minimum atomic E-state index is 0.248. The van der Waals surface area contributed by atoms with E-state index in [1.807, 2.05) is 47.0 Å². The van der Waals surface area contributed by atoms with Crippen LogP contribution in [0.1, 0.15) is 12.0 Å². The van der Waals surface area contributed by atoms with E-state index in [0.717, 1.165) is 55.8 Å². The van der Waals surface area contributed by atoms with Crippen molar-refractivity contribution in [2.75, 3.05) is 6.79 Å². The zero-order chi connectivity index (χ0) is 22.4. The largest absolute Gasteiger partial charge is 0.454 e. The minimum absolute atomic E-state index is 0.248. The van der Waals surface area contributed by atoms with Crippen LogP contribution < -0.4 is 9.47 Å². The number of halogens is 1. The van der Waals surface area contributed by atoms with Crippen molar-refractivity contribution in [2.24, 2.45) is 0 Å². The molecule has 0 fully saturated rings. The molecule has 7 heteroatoms. The van der Waals surface area contributed by atoms with E-state index in [1.165, 1.54) is 0 Å². The standard InChI is InChI=1S/C26H17ClN4O2/c27-21-12-19(6-3-16(21)2-1-9-28)31-14-30-23-13-29-22-7-4-17(10-20(22)26(23)31)18-5-8-24-25(11-18)33-15-32-24/h3-8,10-14H,1-2,15H2. The number of nitrogens with zero attached hydrogens (tertiary/aromatic N) is 4. The second-order valence-corrected chi connectivity index (χ2v) is 8.25. The molecule has 0 N–H and O–H groups in total. The van der Waals surface area contributed by atoms with Crippen LogP contribution in [0.5, 0.6) is 11.5 Å². The summed E-state index contributed by atoms with van der Waals surface area (Å²) in [6.07, 6.45) is 4.65. The first kappa shape index (κ1) is 19.6. The van der Waals surface area contributed by atoms with Crippen molar-refractivity contribution in [1.82, 2.24) is 14.5 Å². The number of benzene rings is 3. The van der Waals surface area contributed by atoms with E-state index in [2.05, 4.69) is 28.2 Å². The number of fused-ring (bicyclic) bond motifs is 4. The van der Waals surface area contributed by atoms with Crippen LogP contribution in [0.15, 0.2) is 67.1 Å². The average Bonchev–Trinajstić information content (AvgIpc) is 3.49. The maximum atomic E-state index is 8.87. The molecule has 6 rings (SSSR count). The van der Waals surface area contributed by atoms with Crippen molar-refractivity contribution >= 4 is 33.5 Å². The van der Waals surface area contributed by atoms with Crippen molar-refractivity contribution in [3.63, 3.8) is 0 Å². The molecule has 0 radical (unpaired) electrons. The van der Waals surface area contributed by atoms with Crippen molar-refractivity contribution < 1.29 is 9.47 Å². The van der Waals surface area contributed by atoms with Crippen molar-refractivity contribution in [3.05, 3.63) is 77.7 Å². The summed E-state index contributed by atoms with van der Waals surface area (Å²) in [5.41, 5.74) is 6.60. The summed E-state index contributed by atoms with van der Waals surface area (Å²) in [7, 11) is 0. The van der Waals surface area contributed by atoms with Gasteiger partial charge in [-0.25, -0.2) is 4.98 Å². The molecule has 0 bridgehead atoms. The minimum Gasteiger partial charge on any atom is -0.454 e. The lowest BCUT2D eigenvalue weighted by Gasteiger charge is -2.10. The number of hydrogen-bond acceptors (Lipinski definition) is 5. The van der Waals surface area contributed by atoms with Gasteiger partial charge in [-0.15, -0.1) is 0 Å². The molecule has 0 saturated carbocycles. The second kappa shape index (κ2) is 7.80. The number of rotatable bonds is 4. The van der Waals surface area contributed by atoms with Gasteiger partial charge in [0.1, 0.15) is 11.8 Å². The first-order valence-corrected chi connectivity index (χ1v) is 10.9. The predicted molar refractivity (Wildman–Crippen MR) is 127 cm³/mol. The monoisotopic (exact) mass is 452 g/mol. The van der Waals surface area contributed by atoms with Gasteiger partial charge in [0.2, 0.25) is 6.79 Å². The van der Waals surface area contributed by atoms with Crippen LogP contribution in [-0.4, -0.2) is 21.3 Å². The Morgan fingerprint density at radius 1 is 0.939 bits per heavy atom. The SMILES string of the molecule is N#CCCc1ccc(-n2cnc3cnc4ccc(-c5ccc6c(c5)OCO6)cc4c32)cc1Cl. The maximum Gasteiger partial charge on any atom is 0.231 e. The van der Waals surface area contributed by atoms with E-state index < -0.39 is 0 Å². The summed E-state index contributed by atoms with van der Waals surface area (Å²) in [4.78, 5) is 9.17. The molecule has 1 aliphatic rings. The highest BCUT2D eigenvalue weighted by Crippen LogP contribution is 2.37. The Labute approximate surface area is 194 Å². The van der Waals surface area contributed by atoms with Crippen LogP contribution in [0.3, 0.4) is 0 Å². The number of imidazole rings is 1. The van der Waals surface area contributed by atoms with Gasteiger partial charge in [0, 0.05) is 22.5 Å². The van der Waals surface area contributed by atoms with E-state index in [4.69, 9.17) is 26.3 Å². The second-order valence-electron chi connectivity index (χ2n) is 7.84. The molecule has 3 aromatic carbocycles. The summed E-state index contributed by atoms with van der Waals surface area (Å²) >= 11 is 6.53. The number of nitriles is 1. The van der Waals surface area contributed by atoms with E-state index in [1.54, 1.807) is 12.5 Å². The summed E-state index contributed by atoms with van der Waals surface area (Å²) in [6, 6.07) is 20.2. The Kier molecular flexibility index (Phi) is 4.63. The number of ether oxygens (including phenoxy) is 2. The van der Waals surface area contributed by atoms with Gasteiger partial charge in [-0.2, -0.15) is 5.26 Å². The third-order valence-corrected chi connectivity index (χ3v) is 6.25. The lowest BCUT2D eigenvalue weighted by atomic mass is 10.0. The molecular weight excluding hydrogens is 436 g/mol. The number of aryl methyl sites for hydroxylation is 1. The topological polar surface area (TPSA) is 73.0 Å². The molecule has 33 heavy (non-hydrogen) atoms. The Balaban J connectivity index is 1.50. The third-order valence-electron chi connectivity index (χ3n) is 5.90. The first-order valence-electron chi connectivity index (χ1n) is 10.5. The van der Waals surface area contributed by atoms with E-state index in [-0.39, 0.29) is 6.79 Å². The molecule has 6 nitrogen and oxygen atoms in total. The quantitative estimate of drug-likeness (QED) is 0.330. The number of hydrogen-bond donors (Lipinski definition) is 0. The lowest BCUT2D eigenvalue weighted by molar-refractivity contribution is 0.174. The highest BCUT2D eigenvalue weighted by atomic mass is 35.5. The maximum absolute atomic E-state index is 8.87. The molecule has 2 aromatic heterocycles. The van der Waals surface area contributed by atoms with Crippen LogP contribution in [0.4, 0.5) is 0 Å². The van der Waals surface area contributed by atoms with Crippen LogP contribution in [-0.2, 0) is 6.42 Å². The normalized spacial score (nSPS) is 12.4. The molecular formula is C26H17ClN4O2. The molecule has 0 amide bonds. The fraction of sp³-hybridized carbons (Fsp3) is 0.115. The van der Waals surface area contributed by atoms with Gasteiger partial charge >= 0.3 is 0 Å². The van der Waals surface area contributed by atoms with Gasteiger partial charge in [-0.3, -0.25) is 9.55 Å². The van der Waals surface area contributed by atoms with E-state index >= 15 is 0 Å². The Hall–Kier alpha value is -4.08. The zero-order valence-electron chi connectivity index (χ0n) is 17.5. The Bertz CT molecular complexity index is 1590. The van der Waals surface area contributed by atoms with Crippen LogP contribution in [0.25, 0.3) is 38.8 Å². The van der Waals surface area contributed by atoms with Crippen LogP contribution in [0, 0.1) is 11.3 Å². The van der Waals surface area contributed by atoms with Gasteiger partial charge in [-0.1, -0.05) is 29.8 Å². The van der Waals surface area contributed by atoms with Gasteiger partial charge in [-0.05, 0) is 59.5 Å². The highest BCUT2D eigenvalue weighted by molar-refractivity contribution is 6.31. The first-order chi connectivity index (χ1) is 16.2. The average molecular weight is 453 g/mol. The van der Waals surface area contributed by atoms with Crippen molar-refractivity contribution in [1.29, 1.82) is 5.26 Å². The van der Waals surface area contributed by atoms with Crippen molar-refractivity contribution in [3.8, 4) is 34.4 Å². The van der Waals surface area contributed by atoms with Gasteiger partial charge in [0.25, 0.3) is 0 Å². The molecule has 1 aliphatic heterocycles. The molecule has 160 valence electrons. The molecule has 0 spiro atoms. The summed E-state index contributed by atoms with van der Waals surface area (Å²) in [6.45, 7) is 0.248. The fourth-order valence-electron chi connectivity index (χ4n) is 4.22. The predicted octanol–water partition coefficient (Wildman–Crippen LogP) is 6.08. The summed E-state index contributed by atoms with van der Waals surface area (Å²) in [5.74, 6) is 1.51. The number of aromatic nitrogens is 3. The van der Waals surface area contributed by atoms with E-state index in [0.29, 0.717) is 17.9 Å². The Morgan fingerprint density at radius 2 is 1.79 bits per heavy atom. The van der Waals surface area contributed by atoms with Gasteiger partial charge < -0.3 is 9.47 Å².